The number of hydrogen-bond donors (Lipinski definition) is 1. The fraction of sp³-hybridized carbons (Fsp3) is 0.368. The van der Waals surface area contributed by atoms with E-state index >= 15 is 0 Å². The number of rotatable bonds is 6. The highest BCUT2D eigenvalue weighted by Crippen LogP contribution is 2.28. The van der Waals surface area contributed by atoms with Gasteiger partial charge >= 0.3 is 5.97 Å². The maximum atomic E-state index is 11.8. The van der Waals surface area contributed by atoms with E-state index < -0.39 is 12.0 Å². The van der Waals surface area contributed by atoms with Crippen LogP contribution in [0.5, 0.6) is 5.75 Å². The number of ether oxygens (including phenoxy) is 1. The molecule has 1 atom stereocenters. The Morgan fingerprint density at radius 2 is 2.00 bits per heavy atom. The SMILES string of the molecule is CSc1ccc(C(C(=O)O)N2CCC(Oc3cccnc3)CC2)cc1. The van der Waals surface area contributed by atoms with Gasteiger partial charge in [0.15, 0.2) is 0 Å². The van der Waals surface area contributed by atoms with Gasteiger partial charge in [0, 0.05) is 24.2 Å². The smallest absolute Gasteiger partial charge is 0.325 e. The van der Waals surface area contributed by atoms with E-state index in [0.717, 1.165) is 29.1 Å². The zero-order valence-electron chi connectivity index (χ0n) is 14.2. The number of aliphatic carboxylic acids is 1. The zero-order valence-corrected chi connectivity index (χ0v) is 15.0. The summed E-state index contributed by atoms with van der Waals surface area (Å²) >= 11 is 1.65. The van der Waals surface area contributed by atoms with Crippen molar-refractivity contribution in [3.05, 3.63) is 54.4 Å². The number of pyridine rings is 1. The second kappa shape index (κ2) is 8.36. The fourth-order valence-electron chi connectivity index (χ4n) is 3.16. The van der Waals surface area contributed by atoms with Gasteiger partial charge in [0.2, 0.25) is 0 Å². The Balaban J connectivity index is 1.63. The number of aromatic nitrogens is 1. The monoisotopic (exact) mass is 358 g/mol. The Bertz CT molecular complexity index is 686. The molecular weight excluding hydrogens is 336 g/mol. The Hall–Kier alpha value is -2.05. The molecule has 1 aromatic carbocycles. The first-order valence-electron chi connectivity index (χ1n) is 8.35. The first kappa shape index (κ1) is 17.8. The molecule has 132 valence electrons. The summed E-state index contributed by atoms with van der Waals surface area (Å²) in [5.41, 5.74) is 0.830. The molecule has 0 saturated carbocycles. The molecule has 0 spiro atoms. The molecule has 1 saturated heterocycles. The summed E-state index contributed by atoms with van der Waals surface area (Å²) in [5, 5.41) is 9.72. The van der Waals surface area contributed by atoms with E-state index in [4.69, 9.17) is 4.74 Å². The van der Waals surface area contributed by atoms with E-state index in [2.05, 4.69) is 4.98 Å². The minimum Gasteiger partial charge on any atom is -0.489 e. The van der Waals surface area contributed by atoms with Crippen molar-refractivity contribution in [1.29, 1.82) is 0 Å². The van der Waals surface area contributed by atoms with Crippen LogP contribution in [0.3, 0.4) is 0 Å². The lowest BCUT2D eigenvalue weighted by molar-refractivity contribution is -0.144. The predicted octanol–water partition coefficient (Wildman–Crippen LogP) is 3.47. The summed E-state index contributed by atoms with van der Waals surface area (Å²) < 4.78 is 5.94. The van der Waals surface area contributed by atoms with Gasteiger partial charge in [-0.05, 0) is 48.9 Å². The van der Waals surface area contributed by atoms with Crippen molar-refractivity contribution in [3.8, 4) is 5.75 Å². The minimum absolute atomic E-state index is 0.105. The average Bonchev–Trinajstić information content (AvgIpc) is 2.64. The standard InChI is InChI=1S/C19H22N2O3S/c1-25-17-6-4-14(5-7-17)18(19(22)23)21-11-8-15(9-12-21)24-16-3-2-10-20-13-16/h2-7,10,13,15,18H,8-9,11-12H2,1H3,(H,22,23). The van der Waals surface area contributed by atoms with Crippen LogP contribution < -0.4 is 4.74 Å². The van der Waals surface area contributed by atoms with Crippen LogP contribution >= 0.6 is 11.8 Å². The number of nitrogens with zero attached hydrogens (tertiary/aromatic N) is 2. The largest absolute Gasteiger partial charge is 0.489 e. The van der Waals surface area contributed by atoms with Crippen LogP contribution in [-0.2, 0) is 4.79 Å². The molecule has 6 heteroatoms. The van der Waals surface area contributed by atoms with Gasteiger partial charge in [-0.15, -0.1) is 11.8 Å². The molecule has 0 aliphatic carbocycles. The third kappa shape index (κ3) is 4.52. The third-order valence-electron chi connectivity index (χ3n) is 4.44. The van der Waals surface area contributed by atoms with Crippen molar-refractivity contribution >= 4 is 17.7 Å². The molecule has 1 aliphatic heterocycles. The number of thioether (sulfide) groups is 1. The van der Waals surface area contributed by atoms with E-state index in [0.29, 0.717) is 13.1 Å². The number of carboxylic acids is 1. The molecule has 1 aliphatic rings. The van der Waals surface area contributed by atoms with Gasteiger partial charge in [-0.25, -0.2) is 0 Å². The van der Waals surface area contributed by atoms with E-state index in [-0.39, 0.29) is 6.10 Å². The summed E-state index contributed by atoms with van der Waals surface area (Å²) in [4.78, 5) is 19.1. The molecule has 1 N–H and O–H groups in total. The Kier molecular flexibility index (Phi) is 5.94. The molecule has 0 bridgehead atoms. The molecular formula is C19H22N2O3S. The van der Waals surface area contributed by atoms with E-state index in [9.17, 15) is 9.90 Å². The van der Waals surface area contributed by atoms with Crippen LogP contribution in [0.2, 0.25) is 0 Å². The molecule has 1 aromatic heterocycles. The first-order valence-corrected chi connectivity index (χ1v) is 9.57. The second-order valence-electron chi connectivity index (χ2n) is 6.06. The van der Waals surface area contributed by atoms with Crippen LogP contribution in [0.15, 0.2) is 53.7 Å². The Morgan fingerprint density at radius 3 is 2.56 bits per heavy atom. The summed E-state index contributed by atoms with van der Waals surface area (Å²) in [6.07, 6.45) is 7.16. The van der Waals surface area contributed by atoms with Crippen molar-refractivity contribution in [3.63, 3.8) is 0 Å². The van der Waals surface area contributed by atoms with Gasteiger partial charge in [0.25, 0.3) is 0 Å². The highest BCUT2D eigenvalue weighted by Gasteiger charge is 2.31. The first-order chi connectivity index (χ1) is 12.2. The summed E-state index contributed by atoms with van der Waals surface area (Å²) in [5.74, 6) is -0.0353. The van der Waals surface area contributed by atoms with E-state index in [1.165, 1.54) is 0 Å². The maximum absolute atomic E-state index is 11.8. The fourth-order valence-corrected chi connectivity index (χ4v) is 3.57. The van der Waals surface area contributed by atoms with Gasteiger partial charge < -0.3 is 9.84 Å². The number of piperidine rings is 1. The number of carboxylic acid groups (broad SMARTS) is 1. The van der Waals surface area contributed by atoms with Crippen LogP contribution in [-0.4, -0.2) is 46.4 Å². The number of carbonyl (C=O) groups is 1. The summed E-state index contributed by atoms with van der Waals surface area (Å²) in [6, 6.07) is 10.9. The molecule has 25 heavy (non-hydrogen) atoms. The molecule has 3 rings (SSSR count). The van der Waals surface area contributed by atoms with Crippen LogP contribution in [0.25, 0.3) is 0 Å². The second-order valence-corrected chi connectivity index (χ2v) is 6.94. The zero-order chi connectivity index (χ0) is 17.6. The van der Waals surface area contributed by atoms with E-state index in [1.807, 2.05) is 47.6 Å². The van der Waals surface area contributed by atoms with Crippen molar-refractivity contribution in [2.75, 3.05) is 19.3 Å². The molecule has 1 fully saturated rings. The predicted molar refractivity (Wildman–Crippen MR) is 98.1 cm³/mol. The van der Waals surface area contributed by atoms with Crippen LogP contribution in [0.4, 0.5) is 0 Å². The maximum Gasteiger partial charge on any atom is 0.325 e. The molecule has 2 heterocycles. The van der Waals surface area contributed by atoms with Gasteiger partial charge in [-0.2, -0.15) is 0 Å². The highest BCUT2D eigenvalue weighted by atomic mass is 32.2. The van der Waals surface area contributed by atoms with Gasteiger partial charge in [0.1, 0.15) is 17.9 Å². The van der Waals surface area contributed by atoms with Crippen LogP contribution in [0.1, 0.15) is 24.4 Å². The molecule has 5 nitrogen and oxygen atoms in total. The summed E-state index contributed by atoms with van der Waals surface area (Å²) in [7, 11) is 0. The van der Waals surface area contributed by atoms with E-state index in [1.54, 1.807) is 24.2 Å². The lowest BCUT2D eigenvalue weighted by atomic mass is 10.0. The average molecular weight is 358 g/mol. The molecule has 0 amide bonds. The Morgan fingerprint density at radius 1 is 1.28 bits per heavy atom. The lowest BCUT2D eigenvalue weighted by Crippen LogP contribution is -2.43. The number of benzene rings is 1. The third-order valence-corrected chi connectivity index (χ3v) is 5.19. The lowest BCUT2D eigenvalue weighted by Gasteiger charge is -2.35. The van der Waals surface area contributed by atoms with Crippen molar-refractivity contribution in [1.82, 2.24) is 9.88 Å². The molecule has 2 aromatic rings. The molecule has 0 radical (unpaired) electrons. The minimum atomic E-state index is -0.802. The topological polar surface area (TPSA) is 62.7 Å². The quantitative estimate of drug-likeness (QED) is 0.798. The van der Waals surface area contributed by atoms with Crippen LogP contribution in [0, 0.1) is 0 Å². The number of hydrogen-bond acceptors (Lipinski definition) is 5. The molecule has 1 unspecified atom stereocenters. The van der Waals surface area contributed by atoms with Crippen molar-refractivity contribution in [2.45, 2.75) is 29.9 Å². The Labute approximate surface area is 152 Å². The number of likely N-dealkylation sites (tertiary alicyclic amines) is 1. The highest BCUT2D eigenvalue weighted by molar-refractivity contribution is 7.98. The van der Waals surface area contributed by atoms with Gasteiger partial charge in [0.05, 0.1) is 6.20 Å². The van der Waals surface area contributed by atoms with Gasteiger partial charge in [-0.1, -0.05) is 12.1 Å². The van der Waals surface area contributed by atoms with Crippen molar-refractivity contribution in [2.24, 2.45) is 0 Å². The van der Waals surface area contributed by atoms with Crippen molar-refractivity contribution < 1.29 is 14.6 Å². The summed E-state index contributed by atoms with van der Waals surface area (Å²) in [6.45, 7) is 1.40. The normalized spacial score (nSPS) is 17.2. The van der Waals surface area contributed by atoms with Gasteiger partial charge in [-0.3, -0.25) is 14.7 Å².